The fraction of sp³-hybridized carbons (Fsp3) is 0.238. The molecular weight excluding hydrogens is 406 g/mol. The molecule has 0 radical (unpaired) electrons. The average Bonchev–Trinajstić information content (AvgIpc) is 3.22. The first-order valence-electron chi connectivity index (χ1n) is 8.85. The van der Waals surface area contributed by atoms with Crippen LogP contribution in [0.5, 0.6) is 5.75 Å². The van der Waals surface area contributed by atoms with Crippen LogP contribution in [0.15, 0.2) is 51.9 Å². The molecule has 0 bridgehead atoms. The van der Waals surface area contributed by atoms with Gasteiger partial charge in [0, 0.05) is 31.5 Å². The van der Waals surface area contributed by atoms with Gasteiger partial charge in [0.05, 0.1) is 15.9 Å². The van der Waals surface area contributed by atoms with E-state index in [0.29, 0.717) is 12.3 Å². The zero-order valence-corrected chi connectivity index (χ0v) is 16.8. The van der Waals surface area contributed by atoms with Crippen molar-refractivity contribution in [1.29, 1.82) is 0 Å². The molecule has 1 heterocycles. The van der Waals surface area contributed by atoms with Crippen molar-refractivity contribution in [3.63, 3.8) is 0 Å². The molecule has 1 aliphatic carbocycles. The third kappa shape index (κ3) is 3.14. The molecule has 0 aliphatic heterocycles. The topological polar surface area (TPSA) is 55.6 Å². The summed E-state index contributed by atoms with van der Waals surface area (Å²) in [6.45, 7) is 0.427. The first-order valence-corrected chi connectivity index (χ1v) is 9.65. The van der Waals surface area contributed by atoms with Crippen molar-refractivity contribution in [3.05, 3.63) is 63.8 Å². The number of halogens is 1. The molecule has 1 N–H and O–H groups in total. The molecule has 3 aromatic rings. The second-order valence-corrected chi connectivity index (χ2v) is 7.35. The number of hydrogen-bond acceptors (Lipinski definition) is 3. The Labute approximate surface area is 166 Å². The molecule has 0 spiro atoms. The summed E-state index contributed by atoms with van der Waals surface area (Å²) >= 11 is 3.66. The lowest BCUT2D eigenvalue weighted by Gasteiger charge is -2.10. The molecule has 4 rings (SSSR count). The van der Waals surface area contributed by atoms with E-state index in [1.807, 2.05) is 49.5 Å². The van der Waals surface area contributed by atoms with Crippen molar-refractivity contribution in [1.82, 2.24) is 9.88 Å². The zero-order valence-electron chi connectivity index (χ0n) is 15.3. The summed E-state index contributed by atoms with van der Waals surface area (Å²) in [7, 11) is 3.89. The Bertz CT molecular complexity index is 1050. The van der Waals surface area contributed by atoms with Crippen LogP contribution in [0.3, 0.4) is 0 Å². The third-order valence-electron chi connectivity index (χ3n) is 5.01. The minimum absolute atomic E-state index is 0.427. The van der Waals surface area contributed by atoms with Gasteiger partial charge in [-0.05, 0) is 52.0 Å². The van der Waals surface area contributed by atoms with Crippen LogP contribution >= 0.6 is 15.9 Å². The first kappa shape index (κ1) is 17.8. The predicted molar refractivity (Wildman–Crippen MR) is 111 cm³/mol. The summed E-state index contributed by atoms with van der Waals surface area (Å²) in [5.74, 6) is 0.517. The molecule has 0 fully saturated rings. The van der Waals surface area contributed by atoms with Crippen molar-refractivity contribution >= 4 is 38.6 Å². The third-order valence-corrected chi connectivity index (χ3v) is 5.79. The Morgan fingerprint density at radius 3 is 2.74 bits per heavy atom. The van der Waals surface area contributed by atoms with Crippen molar-refractivity contribution in [2.45, 2.75) is 19.4 Å². The number of aliphatic imine (C=N–C) groups is 1. The number of carbonyl (C=O) groups is 1. The van der Waals surface area contributed by atoms with Crippen LogP contribution in [0, 0.1) is 0 Å². The van der Waals surface area contributed by atoms with Crippen LogP contribution in [0.1, 0.15) is 23.2 Å². The van der Waals surface area contributed by atoms with Gasteiger partial charge in [-0.1, -0.05) is 30.3 Å². The SMILES string of the molecule is CN=C1CCc2c1n(C)c1ccc(OC(=O)NCc3ccccc3)c(Br)c21. The van der Waals surface area contributed by atoms with Gasteiger partial charge in [0.2, 0.25) is 0 Å². The van der Waals surface area contributed by atoms with Gasteiger partial charge in [0.15, 0.2) is 0 Å². The maximum atomic E-state index is 12.2. The van der Waals surface area contributed by atoms with E-state index in [0.717, 1.165) is 39.5 Å². The molecule has 2 aromatic carbocycles. The van der Waals surface area contributed by atoms with Gasteiger partial charge in [0.25, 0.3) is 0 Å². The molecule has 1 aromatic heterocycles. The maximum absolute atomic E-state index is 12.2. The molecule has 0 unspecified atom stereocenters. The minimum atomic E-state index is -0.470. The predicted octanol–water partition coefficient (Wildman–Crippen LogP) is 4.59. The Kier molecular flexibility index (Phi) is 4.74. The second kappa shape index (κ2) is 7.19. The summed E-state index contributed by atoms with van der Waals surface area (Å²) in [5.41, 5.74) is 5.69. The standard InChI is InChI=1S/C21H20BrN3O2/c1-23-15-9-8-14-18-16(25(2)20(14)15)10-11-17(19(18)22)27-21(26)24-12-13-6-4-3-5-7-13/h3-7,10-11H,8-9,12H2,1-2H3,(H,24,26). The van der Waals surface area contributed by atoms with E-state index in [1.165, 1.54) is 11.3 Å². The molecule has 0 saturated carbocycles. The summed E-state index contributed by atoms with van der Waals surface area (Å²) in [5, 5.41) is 3.89. The lowest BCUT2D eigenvalue weighted by molar-refractivity contribution is 0.199. The van der Waals surface area contributed by atoms with E-state index in [1.54, 1.807) is 0 Å². The molecule has 27 heavy (non-hydrogen) atoms. The fourth-order valence-electron chi connectivity index (χ4n) is 3.73. The number of hydrogen-bond donors (Lipinski definition) is 1. The number of benzene rings is 2. The van der Waals surface area contributed by atoms with E-state index in [4.69, 9.17) is 4.74 Å². The number of rotatable bonds is 3. The molecule has 138 valence electrons. The largest absolute Gasteiger partial charge is 0.412 e. The van der Waals surface area contributed by atoms with E-state index in [9.17, 15) is 4.79 Å². The van der Waals surface area contributed by atoms with Gasteiger partial charge < -0.3 is 14.6 Å². The van der Waals surface area contributed by atoms with E-state index in [2.05, 4.69) is 37.9 Å². The number of nitrogens with one attached hydrogen (secondary N) is 1. The second-order valence-electron chi connectivity index (χ2n) is 6.56. The van der Waals surface area contributed by atoms with E-state index >= 15 is 0 Å². The average molecular weight is 426 g/mol. The summed E-state index contributed by atoms with van der Waals surface area (Å²) < 4.78 is 8.54. The quantitative estimate of drug-likeness (QED) is 0.666. The number of ether oxygens (including phenoxy) is 1. The molecule has 5 nitrogen and oxygen atoms in total. The van der Waals surface area contributed by atoms with Gasteiger partial charge in [-0.15, -0.1) is 0 Å². The lowest BCUT2D eigenvalue weighted by Crippen LogP contribution is -2.26. The van der Waals surface area contributed by atoms with Gasteiger partial charge >= 0.3 is 6.09 Å². The number of aromatic nitrogens is 1. The van der Waals surface area contributed by atoms with Crippen molar-refractivity contribution in [2.24, 2.45) is 12.0 Å². The van der Waals surface area contributed by atoms with Crippen LogP contribution in [0.4, 0.5) is 4.79 Å². The minimum Gasteiger partial charge on any atom is -0.409 e. The van der Waals surface area contributed by atoms with Gasteiger partial charge in [-0.25, -0.2) is 4.79 Å². The Morgan fingerprint density at radius 2 is 2.00 bits per heavy atom. The van der Waals surface area contributed by atoms with Gasteiger partial charge in [-0.2, -0.15) is 0 Å². The van der Waals surface area contributed by atoms with Crippen molar-refractivity contribution in [3.8, 4) is 5.75 Å². The molecule has 1 aliphatic rings. The molecule has 0 atom stereocenters. The van der Waals surface area contributed by atoms with E-state index in [-0.39, 0.29) is 0 Å². The van der Waals surface area contributed by atoms with Gasteiger partial charge in [0.1, 0.15) is 5.75 Å². The van der Waals surface area contributed by atoms with Crippen molar-refractivity contribution in [2.75, 3.05) is 7.05 Å². The van der Waals surface area contributed by atoms with Crippen LogP contribution in [0.2, 0.25) is 0 Å². The monoisotopic (exact) mass is 425 g/mol. The van der Waals surface area contributed by atoms with Crippen LogP contribution in [-0.2, 0) is 20.0 Å². The Balaban J connectivity index is 1.60. The fourth-order valence-corrected chi connectivity index (χ4v) is 4.39. The number of carbonyl (C=O) groups excluding carboxylic acids is 1. The molecule has 0 saturated heterocycles. The summed E-state index contributed by atoms with van der Waals surface area (Å²) in [6, 6.07) is 13.6. The maximum Gasteiger partial charge on any atom is 0.412 e. The Morgan fingerprint density at radius 1 is 1.22 bits per heavy atom. The highest BCUT2D eigenvalue weighted by Gasteiger charge is 2.27. The Hall–Kier alpha value is -2.60. The van der Waals surface area contributed by atoms with Crippen LogP contribution < -0.4 is 10.1 Å². The highest BCUT2D eigenvalue weighted by molar-refractivity contribution is 9.10. The highest BCUT2D eigenvalue weighted by Crippen LogP contribution is 2.41. The molecular formula is C21H20BrN3O2. The highest BCUT2D eigenvalue weighted by atomic mass is 79.9. The van der Waals surface area contributed by atoms with Crippen LogP contribution in [0.25, 0.3) is 10.9 Å². The first-order chi connectivity index (χ1) is 13.1. The number of aryl methyl sites for hydroxylation is 2. The smallest absolute Gasteiger partial charge is 0.409 e. The lowest BCUT2D eigenvalue weighted by atomic mass is 10.1. The van der Waals surface area contributed by atoms with E-state index < -0.39 is 6.09 Å². The summed E-state index contributed by atoms with van der Waals surface area (Å²) in [6.07, 6.45) is 1.42. The zero-order chi connectivity index (χ0) is 19.0. The number of fused-ring (bicyclic) bond motifs is 3. The number of nitrogens with zero attached hydrogens (tertiary/aromatic N) is 2. The summed E-state index contributed by atoms with van der Waals surface area (Å²) in [4.78, 5) is 16.7. The molecule has 1 amide bonds. The van der Waals surface area contributed by atoms with Crippen LogP contribution in [-0.4, -0.2) is 23.4 Å². The van der Waals surface area contributed by atoms with Gasteiger partial charge in [-0.3, -0.25) is 4.99 Å². The number of amides is 1. The molecule has 6 heteroatoms. The normalized spacial score (nSPS) is 14.6. The van der Waals surface area contributed by atoms with Crippen molar-refractivity contribution < 1.29 is 9.53 Å².